The summed E-state index contributed by atoms with van der Waals surface area (Å²) in [4.78, 5) is 10.4. The first-order valence-electron chi connectivity index (χ1n) is 6.53. The van der Waals surface area contributed by atoms with Gasteiger partial charge in [-0.15, -0.1) is 0 Å². The van der Waals surface area contributed by atoms with Crippen LogP contribution in [-0.2, 0) is 4.79 Å². The van der Waals surface area contributed by atoms with E-state index >= 15 is 0 Å². The molecule has 0 bridgehead atoms. The van der Waals surface area contributed by atoms with Gasteiger partial charge in [-0.3, -0.25) is 4.79 Å². The molecule has 1 heterocycles. The fourth-order valence-corrected chi connectivity index (χ4v) is 2.01. The Morgan fingerprint density at radius 2 is 1.95 bits per heavy atom. The number of hydrogen-bond donors (Lipinski definition) is 2. The highest BCUT2D eigenvalue weighted by molar-refractivity contribution is 5.66. The lowest BCUT2D eigenvalue weighted by atomic mass is 10.1. The number of carboxylic acid groups (broad SMARTS) is 1. The zero-order valence-electron chi connectivity index (χ0n) is 11.1. The van der Waals surface area contributed by atoms with Gasteiger partial charge in [0.1, 0.15) is 13.2 Å². The van der Waals surface area contributed by atoms with Crippen molar-refractivity contribution in [3.8, 4) is 11.5 Å². The monoisotopic (exact) mass is 265 g/mol. The van der Waals surface area contributed by atoms with E-state index in [2.05, 4.69) is 5.32 Å². The first-order chi connectivity index (χ1) is 9.16. The quantitative estimate of drug-likeness (QED) is 0.773. The lowest BCUT2D eigenvalue weighted by Crippen LogP contribution is -2.16. The summed E-state index contributed by atoms with van der Waals surface area (Å²) in [7, 11) is 0. The first-order valence-corrected chi connectivity index (χ1v) is 6.53. The van der Waals surface area contributed by atoms with Gasteiger partial charge in [-0.05, 0) is 31.4 Å². The first kappa shape index (κ1) is 13.5. The maximum Gasteiger partial charge on any atom is 0.303 e. The van der Waals surface area contributed by atoms with Crippen LogP contribution >= 0.6 is 0 Å². The number of benzene rings is 1. The van der Waals surface area contributed by atoms with Crippen LogP contribution in [0.25, 0.3) is 0 Å². The van der Waals surface area contributed by atoms with Crippen LogP contribution in [0, 0.1) is 6.92 Å². The zero-order valence-corrected chi connectivity index (χ0v) is 11.1. The summed E-state index contributed by atoms with van der Waals surface area (Å²) in [5.41, 5.74) is 2.11. The van der Waals surface area contributed by atoms with Crippen LogP contribution in [0.5, 0.6) is 11.5 Å². The third-order valence-corrected chi connectivity index (χ3v) is 3.02. The molecule has 0 amide bonds. The van der Waals surface area contributed by atoms with Crippen LogP contribution in [0.15, 0.2) is 12.1 Å². The molecule has 5 nitrogen and oxygen atoms in total. The summed E-state index contributed by atoms with van der Waals surface area (Å²) in [6.45, 7) is 3.94. The maximum absolute atomic E-state index is 10.4. The van der Waals surface area contributed by atoms with E-state index in [0.29, 0.717) is 19.6 Å². The van der Waals surface area contributed by atoms with Crippen molar-refractivity contribution in [2.45, 2.75) is 26.2 Å². The molecule has 0 spiro atoms. The zero-order chi connectivity index (χ0) is 13.7. The lowest BCUT2D eigenvalue weighted by molar-refractivity contribution is -0.137. The second-order valence-electron chi connectivity index (χ2n) is 4.59. The standard InChI is InChI=1S/C14H19NO4/c1-10-8-12-13(19-7-6-18-12)9-11(10)15-5-3-2-4-14(16)17/h8-9,15H,2-7H2,1H3,(H,16,17). The van der Waals surface area contributed by atoms with Gasteiger partial charge in [-0.25, -0.2) is 0 Å². The number of fused-ring (bicyclic) bond motifs is 1. The van der Waals surface area contributed by atoms with Crippen molar-refractivity contribution in [1.82, 2.24) is 0 Å². The molecular weight excluding hydrogens is 246 g/mol. The van der Waals surface area contributed by atoms with Crippen molar-refractivity contribution in [3.05, 3.63) is 17.7 Å². The summed E-state index contributed by atoms with van der Waals surface area (Å²) >= 11 is 0. The Morgan fingerprint density at radius 1 is 1.26 bits per heavy atom. The third-order valence-electron chi connectivity index (χ3n) is 3.02. The molecule has 0 fully saturated rings. The van der Waals surface area contributed by atoms with E-state index in [1.54, 1.807) is 0 Å². The molecule has 1 aromatic carbocycles. The molecule has 104 valence electrons. The average molecular weight is 265 g/mol. The fourth-order valence-electron chi connectivity index (χ4n) is 2.01. The Labute approximate surface area is 112 Å². The SMILES string of the molecule is Cc1cc2c(cc1NCCCCC(=O)O)OCCO2. The highest BCUT2D eigenvalue weighted by Crippen LogP contribution is 2.35. The number of carboxylic acids is 1. The number of aliphatic carboxylic acids is 1. The van der Waals surface area contributed by atoms with E-state index in [1.807, 2.05) is 19.1 Å². The molecule has 1 aliphatic rings. The molecule has 0 atom stereocenters. The van der Waals surface area contributed by atoms with Crippen LogP contribution in [0.3, 0.4) is 0 Å². The van der Waals surface area contributed by atoms with E-state index in [-0.39, 0.29) is 6.42 Å². The molecule has 2 rings (SSSR count). The number of anilines is 1. The van der Waals surface area contributed by atoms with Gasteiger partial charge in [-0.2, -0.15) is 0 Å². The highest BCUT2D eigenvalue weighted by atomic mass is 16.6. The van der Waals surface area contributed by atoms with Gasteiger partial charge >= 0.3 is 5.97 Å². The van der Waals surface area contributed by atoms with Crippen molar-refractivity contribution >= 4 is 11.7 Å². The predicted molar refractivity (Wildman–Crippen MR) is 72.1 cm³/mol. The second kappa shape index (κ2) is 6.31. The molecule has 0 saturated carbocycles. The number of rotatable bonds is 6. The minimum atomic E-state index is -0.740. The Bertz CT molecular complexity index is 459. The molecule has 1 aromatic rings. The summed E-state index contributed by atoms with van der Waals surface area (Å²) in [6, 6.07) is 3.91. The van der Waals surface area contributed by atoms with Gasteiger partial charge in [0, 0.05) is 24.7 Å². The van der Waals surface area contributed by atoms with Crippen LogP contribution < -0.4 is 14.8 Å². The van der Waals surface area contributed by atoms with Crippen LogP contribution in [-0.4, -0.2) is 30.8 Å². The van der Waals surface area contributed by atoms with Crippen LogP contribution in [0.4, 0.5) is 5.69 Å². The van der Waals surface area contributed by atoms with Gasteiger partial charge in [0.2, 0.25) is 0 Å². The topological polar surface area (TPSA) is 67.8 Å². The minimum absolute atomic E-state index is 0.224. The third kappa shape index (κ3) is 3.77. The number of aryl methyl sites for hydroxylation is 1. The molecule has 1 aliphatic heterocycles. The summed E-state index contributed by atoms with van der Waals surface area (Å²) in [5.74, 6) is 0.820. The van der Waals surface area contributed by atoms with Gasteiger partial charge < -0.3 is 19.9 Å². The predicted octanol–water partition coefficient (Wildman–Crippen LogP) is 2.43. The van der Waals surface area contributed by atoms with Crippen molar-refractivity contribution < 1.29 is 19.4 Å². The molecule has 5 heteroatoms. The number of hydrogen-bond acceptors (Lipinski definition) is 4. The number of ether oxygens (including phenoxy) is 2. The minimum Gasteiger partial charge on any atom is -0.486 e. The van der Waals surface area contributed by atoms with E-state index in [9.17, 15) is 4.79 Å². The molecule has 0 unspecified atom stereocenters. The van der Waals surface area contributed by atoms with Crippen molar-refractivity contribution in [1.29, 1.82) is 0 Å². The molecule has 0 aliphatic carbocycles. The smallest absolute Gasteiger partial charge is 0.303 e. The van der Waals surface area contributed by atoms with Gasteiger partial charge in [-0.1, -0.05) is 0 Å². The summed E-state index contributed by atoms with van der Waals surface area (Å²) in [5, 5.41) is 11.9. The Kier molecular flexibility index (Phi) is 4.49. The van der Waals surface area contributed by atoms with Crippen LogP contribution in [0.1, 0.15) is 24.8 Å². The van der Waals surface area contributed by atoms with E-state index in [4.69, 9.17) is 14.6 Å². The van der Waals surface area contributed by atoms with E-state index in [1.165, 1.54) is 0 Å². The normalized spacial score (nSPS) is 13.1. The summed E-state index contributed by atoms with van der Waals surface area (Å²) < 4.78 is 11.0. The Morgan fingerprint density at radius 3 is 2.63 bits per heavy atom. The number of nitrogens with one attached hydrogen (secondary N) is 1. The van der Waals surface area contributed by atoms with E-state index < -0.39 is 5.97 Å². The number of carbonyl (C=O) groups is 1. The number of unbranched alkanes of at least 4 members (excludes halogenated alkanes) is 1. The molecule has 0 saturated heterocycles. The van der Waals surface area contributed by atoms with Crippen LogP contribution in [0.2, 0.25) is 0 Å². The molecule has 19 heavy (non-hydrogen) atoms. The van der Waals surface area contributed by atoms with Crippen molar-refractivity contribution in [3.63, 3.8) is 0 Å². The highest BCUT2D eigenvalue weighted by Gasteiger charge is 2.13. The van der Waals surface area contributed by atoms with Gasteiger partial charge in [0.15, 0.2) is 11.5 Å². The van der Waals surface area contributed by atoms with Crippen molar-refractivity contribution in [2.75, 3.05) is 25.1 Å². The molecule has 0 radical (unpaired) electrons. The van der Waals surface area contributed by atoms with Gasteiger partial charge in [0.25, 0.3) is 0 Å². The average Bonchev–Trinajstić information content (AvgIpc) is 2.38. The fraction of sp³-hybridized carbons (Fsp3) is 0.500. The molecular formula is C14H19NO4. The largest absolute Gasteiger partial charge is 0.486 e. The summed E-state index contributed by atoms with van der Waals surface area (Å²) in [6.07, 6.45) is 1.74. The molecule has 0 aromatic heterocycles. The maximum atomic E-state index is 10.4. The van der Waals surface area contributed by atoms with E-state index in [0.717, 1.165) is 35.7 Å². The van der Waals surface area contributed by atoms with Gasteiger partial charge in [0.05, 0.1) is 0 Å². The second-order valence-corrected chi connectivity index (χ2v) is 4.59. The van der Waals surface area contributed by atoms with Crippen molar-refractivity contribution in [2.24, 2.45) is 0 Å². The lowest BCUT2D eigenvalue weighted by Gasteiger charge is -2.20. The Balaban J connectivity index is 1.88. The Hall–Kier alpha value is -1.91. The molecule has 2 N–H and O–H groups in total.